The molecule has 0 unspecified atom stereocenters. The summed E-state index contributed by atoms with van der Waals surface area (Å²) in [7, 11) is 0. The molecule has 2 heteroatoms. The maximum Gasteiger partial charge on any atom is -0.00368 e. The average molecular weight is 214 g/mol. The Morgan fingerprint density at radius 2 is 1.20 bits per heavy atom. The van der Waals surface area contributed by atoms with Crippen molar-refractivity contribution in [1.29, 1.82) is 0 Å². The van der Waals surface area contributed by atoms with Crippen molar-refractivity contribution in [3.63, 3.8) is 0 Å². The van der Waals surface area contributed by atoms with Crippen LogP contribution >= 0.6 is 0 Å². The van der Waals surface area contributed by atoms with Gasteiger partial charge in [-0.15, -0.1) is 0 Å². The first kappa shape index (κ1) is 14.9. The van der Waals surface area contributed by atoms with Gasteiger partial charge in [-0.1, -0.05) is 46.0 Å². The molecule has 0 saturated carbocycles. The van der Waals surface area contributed by atoms with Gasteiger partial charge in [0.15, 0.2) is 0 Å². The Kier molecular flexibility index (Phi) is 13.8. The lowest BCUT2D eigenvalue weighted by Crippen LogP contribution is -2.22. The molecule has 2 nitrogen and oxygen atoms in total. The number of hydrogen-bond donors (Lipinski definition) is 2. The van der Waals surface area contributed by atoms with Crippen molar-refractivity contribution < 1.29 is 0 Å². The fourth-order valence-electron chi connectivity index (χ4n) is 1.67. The van der Waals surface area contributed by atoms with E-state index in [-0.39, 0.29) is 0 Å². The Balaban J connectivity index is 2.81. The molecule has 92 valence electrons. The van der Waals surface area contributed by atoms with Crippen LogP contribution in [0.2, 0.25) is 0 Å². The maximum atomic E-state index is 3.50. The number of nitrogens with one attached hydrogen (secondary N) is 2. The molecule has 15 heavy (non-hydrogen) atoms. The zero-order valence-electron chi connectivity index (χ0n) is 10.8. The SMILES string of the molecule is CCCCCCCCNCCCNCC. The molecular weight excluding hydrogens is 184 g/mol. The van der Waals surface area contributed by atoms with Gasteiger partial charge in [-0.2, -0.15) is 0 Å². The molecule has 0 heterocycles. The second-order valence-electron chi connectivity index (χ2n) is 4.22. The Labute approximate surface area is 96.2 Å². The summed E-state index contributed by atoms with van der Waals surface area (Å²) in [6.45, 7) is 9.05. The molecule has 0 aromatic rings. The van der Waals surface area contributed by atoms with Gasteiger partial charge in [0.25, 0.3) is 0 Å². The van der Waals surface area contributed by atoms with Gasteiger partial charge >= 0.3 is 0 Å². The van der Waals surface area contributed by atoms with Crippen molar-refractivity contribution in [1.82, 2.24) is 10.6 Å². The molecule has 0 fully saturated rings. The number of hydrogen-bond acceptors (Lipinski definition) is 2. The molecule has 0 aromatic heterocycles. The molecule has 0 spiro atoms. The zero-order valence-corrected chi connectivity index (χ0v) is 10.8. The topological polar surface area (TPSA) is 24.1 Å². The molecule has 2 N–H and O–H groups in total. The third-order valence-corrected chi connectivity index (χ3v) is 2.66. The van der Waals surface area contributed by atoms with Crippen molar-refractivity contribution in [2.45, 2.75) is 58.8 Å². The molecule has 0 atom stereocenters. The predicted octanol–water partition coefficient (Wildman–Crippen LogP) is 2.94. The average Bonchev–Trinajstić information content (AvgIpc) is 2.26. The monoisotopic (exact) mass is 214 g/mol. The van der Waals surface area contributed by atoms with Crippen molar-refractivity contribution in [3.8, 4) is 0 Å². The predicted molar refractivity (Wildman–Crippen MR) is 69.4 cm³/mol. The summed E-state index contributed by atoms with van der Waals surface area (Å²) >= 11 is 0. The van der Waals surface area contributed by atoms with Gasteiger partial charge in [0.2, 0.25) is 0 Å². The van der Waals surface area contributed by atoms with Gasteiger partial charge in [0.05, 0.1) is 0 Å². The molecule has 0 amide bonds. The molecule has 0 radical (unpaired) electrons. The molecule has 0 aliphatic carbocycles. The van der Waals surface area contributed by atoms with Crippen LogP contribution < -0.4 is 10.6 Å². The van der Waals surface area contributed by atoms with E-state index in [0.717, 1.165) is 13.1 Å². The van der Waals surface area contributed by atoms with Crippen LogP contribution in [0.15, 0.2) is 0 Å². The summed E-state index contributed by atoms with van der Waals surface area (Å²) in [5, 5.41) is 6.83. The van der Waals surface area contributed by atoms with E-state index < -0.39 is 0 Å². The highest BCUT2D eigenvalue weighted by molar-refractivity contribution is 4.51. The first-order valence-corrected chi connectivity index (χ1v) is 6.83. The lowest BCUT2D eigenvalue weighted by atomic mass is 10.1. The van der Waals surface area contributed by atoms with Gasteiger partial charge < -0.3 is 10.6 Å². The summed E-state index contributed by atoms with van der Waals surface area (Å²) in [5.41, 5.74) is 0. The molecule has 0 bridgehead atoms. The highest BCUT2D eigenvalue weighted by Gasteiger charge is 1.90. The van der Waals surface area contributed by atoms with Crippen LogP contribution in [0.25, 0.3) is 0 Å². The van der Waals surface area contributed by atoms with E-state index in [1.54, 1.807) is 0 Å². The quantitative estimate of drug-likeness (QED) is 0.488. The van der Waals surface area contributed by atoms with Crippen LogP contribution in [0.5, 0.6) is 0 Å². The highest BCUT2D eigenvalue weighted by Crippen LogP contribution is 2.03. The van der Waals surface area contributed by atoms with E-state index in [4.69, 9.17) is 0 Å². The summed E-state index contributed by atoms with van der Waals surface area (Å²) in [4.78, 5) is 0. The fraction of sp³-hybridized carbons (Fsp3) is 1.00. The Hall–Kier alpha value is -0.0800. The molecule has 0 aliphatic heterocycles. The third kappa shape index (κ3) is 13.9. The first-order chi connectivity index (χ1) is 7.41. The molecule has 0 aromatic carbocycles. The van der Waals surface area contributed by atoms with E-state index in [1.165, 1.54) is 58.0 Å². The fourth-order valence-corrected chi connectivity index (χ4v) is 1.67. The van der Waals surface area contributed by atoms with Gasteiger partial charge in [0.1, 0.15) is 0 Å². The lowest BCUT2D eigenvalue weighted by Gasteiger charge is -2.05. The second kappa shape index (κ2) is 13.9. The maximum absolute atomic E-state index is 3.50. The van der Waals surface area contributed by atoms with Gasteiger partial charge in [-0.05, 0) is 39.0 Å². The molecule has 0 rings (SSSR count). The van der Waals surface area contributed by atoms with Crippen molar-refractivity contribution in [3.05, 3.63) is 0 Å². The van der Waals surface area contributed by atoms with Gasteiger partial charge in [0, 0.05) is 0 Å². The van der Waals surface area contributed by atoms with Crippen molar-refractivity contribution in [2.24, 2.45) is 0 Å². The smallest absolute Gasteiger partial charge is 0.00368 e. The van der Waals surface area contributed by atoms with E-state index in [1.807, 2.05) is 0 Å². The molecular formula is C13H30N2. The first-order valence-electron chi connectivity index (χ1n) is 6.83. The summed E-state index contributed by atoms with van der Waals surface area (Å²) in [6.07, 6.45) is 9.62. The zero-order chi connectivity index (χ0) is 11.2. The Bertz CT molecular complexity index is 92.7. The molecule has 0 aliphatic rings. The standard InChI is InChI=1S/C13H30N2/c1-3-5-6-7-8-9-11-15-13-10-12-14-4-2/h14-15H,3-13H2,1-2H3. The number of unbranched alkanes of at least 4 members (excludes halogenated alkanes) is 5. The van der Waals surface area contributed by atoms with Gasteiger partial charge in [-0.3, -0.25) is 0 Å². The lowest BCUT2D eigenvalue weighted by molar-refractivity contribution is 0.556. The summed E-state index contributed by atoms with van der Waals surface area (Å²) in [6, 6.07) is 0. The minimum atomic E-state index is 1.09. The largest absolute Gasteiger partial charge is 0.317 e. The van der Waals surface area contributed by atoms with E-state index >= 15 is 0 Å². The van der Waals surface area contributed by atoms with E-state index in [0.29, 0.717) is 0 Å². The third-order valence-electron chi connectivity index (χ3n) is 2.66. The Morgan fingerprint density at radius 3 is 1.93 bits per heavy atom. The highest BCUT2D eigenvalue weighted by atomic mass is 14.9. The summed E-state index contributed by atoms with van der Waals surface area (Å²) < 4.78 is 0. The van der Waals surface area contributed by atoms with E-state index in [9.17, 15) is 0 Å². The summed E-state index contributed by atoms with van der Waals surface area (Å²) in [5.74, 6) is 0. The van der Waals surface area contributed by atoms with Crippen LogP contribution in [0.4, 0.5) is 0 Å². The minimum absolute atomic E-state index is 1.09. The van der Waals surface area contributed by atoms with Crippen LogP contribution in [0.3, 0.4) is 0 Å². The number of rotatable bonds is 12. The van der Waals surface area contributed by atoms with Crippen molar-refractivity contribution in [2.75, 3.05) is 26.2 Å². The van der Waals surface area contributed by atoms with E-state index in [2.05, 4.69) is 24.5 Å². The second-order valence-corrected chi connectivity index (χ2v) is 4.22. The van der Waals surface area contributed by atoms with Crippen LogP contribution in [0, 0.1) is 0 Å². The molecule has 0 saturated heterocycles. The van der Waals surface area contributed by atoms with Crippen LogP contribution in [-0.2, 0) is 0 Å². The minimum Gasteiger partial charge on any atom is -0.317 e. The van der Waals surface area contributed by atoms with Crippen molar-refractivity contribution >= 4 is 0 Å². The van der Waals surface area contributed by atoms with Crippen LogP contribution in [0.1, 0.15) is 58.8 Å². The normalized spacial score (nSPS) is 10.8. The van der Waals surface area contributed by atoms with Gasteiger partial charge in [-0.25, -0.2) is 0 Å². The van der Waals surface area contributed by atoms with Crippen LogP contribution in [-0.4, -0.2) is 26.2 Å². The Morgan fingerprint density at radius 1 is 0.600 bits per heavy atom.